The lowest BCUT2D eigenvalue weighted by Crippen LogP contribution is -1.86. The zero-order chi connectivity index (χ0) is 15.3. The molecule has 0 N–H and O–H groups in total. The fraction of sp³-hybridized carbons (Fsp3) is 0.182. The van der Waals surface area contributed by atoms with E-state index in [0.717, 1.165) is 6.42 Å². The second-order valence-corrected chi connectivity index (χ2v) is 6.59. The van der Waals surface area contributed by atoms with Crippen molar-refractivity contribution in [2.24, 2.45) is 0 Å². The molecule has 22 heavy (non-hydrogen) atoms. The van der Waals surface area contributed by atoms with Crippen LogP contribution in [0, 0.1) is 20.8 Å². The third-order valence-corrected chi connectivity index (χ3v) is 4.59. The zero-order valence-electron chi connectivity index (χ0n) is 13.4. The molecule has 0 nitrogen and oxygen atoms in total. The Morgan fingerprint density at radius 3 is 1.91 bits per heavy atom. The molecule has 0 atom stereocenters. The van der Waals surface area contributed by atoms with Crippen molar-refractivity contribution in [3.8, 4) is 22.3 Å². The van der Waals surface area contributed by atoms with E-state index in [9.17, 15) is 0 Å². The Kier molecular flexibility index (Phi) is 2.94. The summed E-state index contributed by atoms with van der Waals surface area (Å²) in [6, 6.07) is 20.5. The van der Waals surface area contributed by atoms with Gasteiger partial charge in [0.15, 0.2) is 0 Å². The number of aryl methyl sites for hydroxylation is 3. The van der Waals surface area contributed by atoms with E-state index in [1.807, 2.05) is 0 Å². The zero-order valence-corrected chi connectivity index (χ0v) is 13.4. The van der Waals surface area contributed by atoms with Gasteiger partial charge in [-0.3, -0.25) is 0 Å². The molecule has 0 fully saturated rings. The van der Waals surface area contributed by atoms with Crippen LogP contribution in [0.3, 0.4) is 0 Å². The van der Waals surface area contributed by atoms with Crippen LogP contribution in [0.25, 0.3) is 22.3 Å². The summed E-state index contributed by atoms with van der Waals surface area (Å²) in [4.78, 5) is 0. The minimum atomic E-state index is 1.06. The maximum absolute atomic E-state index is 2.37. The highest BCUT2D eigenvalue weighted by Gasteiger charge is 2.18. The molecule has 0 saturated carbocycles. The van der Waals surface area contributed by atoms with E-state index >= 15 is 0 Å². The minimum absolute atomic E-state index is 1.06. The lowest BCUT2D eigenvalue weighted by Gasteiger charge is -2.08. The lowest BCUT2D eigenvalue weighted by atomic mass is 9.97. The highest BCUT2D eigenvalue weighted by molar-refractivity contribution is 5.80. The van der Waals surface area contributed by atoms with E-state index in [1.165, 1.54) is 50.1 Å². The molecule has 0 bridgehead atoms. The van der Waals surface area contributed by atoms with Gasteiger partial charge in [0.25, 0.3) is 0 Å². The smallest absolute Gasteiger partial charge is 0.00131 e. The fourth-order valence-electron chi connectivity index (χ4n) is 3.66. The third kappa shape index (κ3) is 2.16. The standard InChI is InChI=1S/C22H20/c1-14-4-6-21-19(9-14)13-20-12-17(5-7-22(20)21)18-10-15(2)8-16(3)11-18/h4-12H,13H2,1-3H3. The van der Waals surface area contributed by atoms with Gasteiger partial charge in [0, 0.05) is 0 Å². The van der Waals surface area contributed by atoms with Crippen molar-refractivity contribution < 1.29 is 0 Å². The third-order valence-electron chi connectivity index (χ3n) is 4.59. The van der Waals surface area contributed by atoms with E-state index in [4.69, 9.17) is 0 Å². The van der Waals surface area contributed by atoms with Crippen molar-refractivity contribution in [1.82, 2.24) is 0 Å². The van der Waals surface area contributed by atoms with Crippen LogP contribution in [0.2, 0.25) is 0 Å². The van der Waals surface area contributed by atoms with Crippen LogP contribution in [0.4, 0.5) is 0 Å². The molecule has 108 valence electrons. The summed E-state index contributed by atoms with van der Waals surface area (Å²) in [5.74, 6) is 0. The summed E-state index contributed by atoms with van der Waals surface area (Å²) in [7, 11) is 0. The number of rotatable bonds is 1. The topological polar surface area (TPSA) is 0 Å². The van der Waals surface area contributed by atoms with E-state index < -0.39 is 0 Å². The van der Waals surface area contributed by atoms with Gasteiger partial charge in [-0.15, -0.1) is 0 Å². The van der Waals surface area contributed by atoms with Crippen molar-refractivity contribution in [1.29, 1.82) is 0 Å². The molecule has 4 rings (SSSR count). The Balaban J connectivity index is 1.81. The molecule has 0 aliphatic heterocycles. The van der Waals surface area contributed by atoms with Crippen LogP contribution < -0.4 is 0 Å². The second kappa shape index (κ2) is 4.84. The SMILES string of the molecule is Cc1cc(C)cc(-c2ccc3c(c2)Cc2cc(C)ccc2-3)c1. The maximum atomic E-state index is 2.37. The van der Waals surface area contributed by atoms with Gasteiger partial charge in [0.1, 0.15) is 0 Å². The van der Waals surface area contributed by atoms with Gasteiger partial charge in [-0.05, 0) is 60.6 Å². The first-order chi connectivity index (χ1) is 10.6. The largest absolute Gasteiger partial charge is 0.0587 e. The Hall–Kier alpha value is -2.34. The molecule has 0 unspecified atom stereocenters. The van der Waals surface area contributed by atoms with Gasteiger partial charge < -0.3 is 0 Å². The lowest BCUT2D eigenvalue weighted by molar-refractivity contribution is 1.25. The van der Waals surface area contributed by atoms with Crippen LogP contribution in [-0.4, -0.2) is 0 Å². The first-order valence-corrected chi connectivity index (χ1v) is 7.92. The molecule has 1 aliphatic carbocycles. The maximum Gasteiger partial charge on any atom is -0.00131 e. The number of fused-ring (bicyclic) bond motifs is 3. The van der Waals surface area contributed by atoms with E-state index in [1.54, 1.807) is 0 Å². The molecule has 0 radical (unpaired) electrons. The number of benzene rings is 3. The monoisotopic (exact) mass is 284 g/mol. The molecule has 0 aromatic heterocycles. The molecule has 0 spiro atoms. The van der Waals surface area contributed by atoms with Crippen LogP contribution in [-0.2, 0) is 6.42 Å². The molecule has 0 amide bonds. The molecular formula is C22H20. The molecular weight excluding hydrogens is 264 g/mol. The predicted molar refractivity (Wildman–Crippen MR) is 94.3 cm³/mol. The Bertz CT molecular complexity index is 864. The summed E-state index contributed by atoms with van der Waals surface area (Å²) >= 11 is 0. The van der Waals surface area contributed by atoms with Crippen LogP contribution in [0.5, 0.6) is 0 Å². The number of hydrogen-bond acceptors (Lipinski definition) is 0. The molecule has 0 heteroatoms. The van der Waals surface area contributed by atoms with Crippen LogP contribution in [0.1, 0.15) is 27.8 Å². The Morgan fingerprint density at radius 1 is 0.545 bits per heavy atom. The van der Waals surface area contributed by atoms with Crippen molar-refractivity contribution in [3.63, 3.8) is 0 Å². The minimum Gasteiger partial charge on any atom is -0.0587 e. The van der Waals surface area contributed by atoms with Gasteiger partial charge in [0.05, 0.1) is 0 Å². The second-order valence-electron chi connectivity index (χ2n) is 6.59. The molecule has 0 heterocycles. The summed E-state index contributed by atoms with van der Waals surface area (Å²) in [6.45, 7) is 6.51. The van der Waals surface area contributed by atoms with Crippen LogP contribution in [0.15, 0.2) is 54.6 Å². The average molecular weight is 284 g/mol. The Morgan fingerprint density at radius 2 is 1.18 bits per heavy atom. The van der Waals surface area contributed by atoms with Gasteiger partial charge in [-0.25, -0.2) is 0 Å². The summed E-state index contributed by atoms with van der Waals surface area (Å²) in [6.07, 6.45) is 1.06. The first-order valence-electron chi connectivity index (χ1n) is 7.92. The van der Waals surface area contributed by atoms with E-state index in [2.05, 4.69) is 75.4 Å². The van der Waals surface area contributed by atoms with Crippen molar-refractivity contribution in [2.75, 3.05) is 0 Å². The highest BCUT2D eigenvalue weighted by Crippen LogP contribution is 2.39. The Labute approximate surface area is 132 Å². The van der Waals surface area contributed by atoms with Gasteiger partial charge >= 0.3 is 0 Å². The molecule has 3 aromatic rings. The predicted octanol–water partition coefficient (Wildman–Crippen LogP) is 5.85. The summed E-state index contributed by atoms with van der Waals surface area (Å²) in [5.41, 5.74) is 12.4. The van der Waals surface area contributed by atoms with Gasteiger partial charge in [-0.2, -0.15) is 0 Å². The quantitative estimate of drug-likeness (QED) is 0.411. The molecule has 1 aliphatic rings. The van der Waals surface area contributed by atoms with Crippen molar-refractivity contribution in [3.05, 3.63) is 82.4 Å². The first kappa shape index (κ1) is 13.3. The summed E-state index contributed by atoms with van der Waals surface area (Å²) < 4.78 is 0. The average Bonchev–Trinajstić information content (AvgIpc) is 2.82. The normalized spacial score (nSPS) is 12.1. The number of hydrogen-bond donors (Lipinski definition) is 0. The van der Waals surface area contributed by atoms with E-state index in [0.29, 0.717) is 0 Å². The van der Waals surface area contributed by atoms with Crippen molar-refractivity contribution in [2.45, 2.75) is 27.2 Å². The summed E-state index contributed by atoms with van der Waals surface area (Å²) in [5, 5.41) is 0. The molecule has 3 aromatic carbocycles. The van der Waals surface area contributed by atoms with Gasteiger partial charge in [0.2, 0.25) is 0 Å². The molecule has 0 saturated heterocycles. The van der Waals surface area contributed by atoms with Crippen LogP contribution >= 0.6 is 0 Å². The highest BCUT2D eigenvalue weighted by atomic mass is 14.2. The van der Waals surface area contributed by atoms with Crippen molar-refractivity contribution >= 4 is 0 Å². The van der Waals surface area contributed by atoms with E-state index in [-0.39, 0.29) is 0 Å². The fourth-order valence-corrected chi connectivity index (χ4v) is 3.66. The van der Waals surface area contributed by atoms with Gasteiger partial charge in [-0.1, -0.05) is 71.3 Å².